The molecule has 0 saturated carbocycles. The number of rotatable bonds is 5. The number of benzene rings is 2. The van der Waals surface area contributed by atoms with Gasteiger partial charge in [0.1, 0.15) is 11.4 Å². The van der Waals surface area contributed by atoms with Gasteiger partial charge in [-0.05, 0) is 48.5 Å². The highest BCUT2D eigenvalue weighted by molar-refractivity contribution is 7.85. The van der Waals surface area contributed by atoms with E-state index in [4.69, 9.17) is 13.8 Å². The molecule has 2 aromatic carbocycles. The number of hydrogen-bond donors (Lipinski definition) is 2. The predicted octanol–water partition coefficient (Wildman–Crippen LogP) is 3.31. The second kappa shape index (κ2) is 6.94. The zero-order valence-corrected chi connectivity index (χ0v) is 14.2. The molecule has 134 valence electrons. The van der Waals surface area contributed by atoms with Crippen molar-refractivity contribution >= 4 is 21.5 Å². The summed E-state index contributed by atoms with van der Waals surface area (Å²) < 4.78 is 40.8. The van der Waals surface area contributed by atoms with Gasteiger partial charge in [0.05, 0.1) is 17.7 Å². The molecule has 1 heterocycles. The highest BCUT2D eigenvalue weighted by Crippen LogP contribution is 2.28. The van der Waals surface area contributed by atoms with E-state index in [9.17, 15) is 13.2 Å². The van der Waals surface area contributed by atoms with Crippen LogP contribution in [0.15, 0.2) is 73.0 Å². The van der Waals surface area contributed by atoms with Crippen molar-refractivity contribution < 1.29 is 22.2 Å². The van der Waals surface area contributed by atoms with Crippen molar-refractivity contribution in [3.05, 3.63) is 59.0 Å². The third-order valence-electron chi connectivity index (χ3n) is 3.45. The lowest BCUT2D eigenvalue weighted by Crippen LogP contribution is -1.96. The number of ether oxygens (including phenoxy) is 1. The summed E-state index contributed by atoms with van der Waals surface area (Å²) >= 11 is 0. The van der Waals surface area contributed by atoms with E-state index < -0.39 is 15.7 Å². The molecule has 3 aromatic rings. The molecule has 0 aliphatic rings. The standard InChI is InChI=1S/C16H13N3O6S/c1-24-12-6-2-10(3-7-12)14-15(16(20)25-19-14)18-17-11-4-8-13(9-5-11)26(21,22)23/h2-9,19H,1H3,(H,21,22,23). The zero-order chi connectivity index (χ0) is 18.7. The molecular weight excluding hydrogens is 362 g/mol. The van der Waals surface area contributed by atoms with E-state index in [2.05, 4.69) is 15.4 Å². The van der Waals surface area contributed by atoms with Crippen molar-refractivity contribution in [2.24, 2.45) is 10.2 Å². The van der Waals surface area contributed by atoms with Crippen molar-refractivity contribution in [1.29, 1.82) is 0 Å². The molecule has 1 aromatic heterocycles. The molecule has 2 N–H and O–H groups in total. The Morgan fingerprint density at radius 3 is 2.27 bits per heavy atom. The molecule has 0 bridgehead atoms. The molecule has 3 rings (SSSR count). The molecule has 0 aliphatic carbocycles. The number of azo groups is 1. The lowest BCUT2D eigenvalue weighted by molar-refractivity contribution is 0.394. The van der Waals surface area contributed by atoms with Gasteiger partial charge < -0.3 is 9.26 Å². The molecule has 10 heteroatoms. The Labute approximate surface area is 147 Å². The Bertz CT molecular complexity index is 1100. The first-order valence-electron chi connectivity index (χ1n) is 7.23. The van der Waals surface area contributed by atoms with Crippen LogP contribution in [-0.2, 0) is 10.1 Å². The SMILES string of the molecule is COc1ccc(-c2[nH]oc(=O)c2N=Nc2ccc(S(=O)(=O)O)cc2)cc1. The van der Waals surface area contributed by atoms with Gasteiger partial charge in [-0.25, -0.2) is 9.95 Å². The van der Waals surface area contributed by atoms with Crippen LogP contribution in [0.25, 0.3) is 11.3 Å². The van der Waals surface area contributed by atoms with Gasteiger partial charge in [-0.2, -0.15) is 13.5 Å². The summed E-state index contributed by atoms with van der Waals surface area (Å²) in [4.78, 5) is 11.6. The first-order chi connectivity index (χ1) is 12.4. The molecule has 0 amide bonds. The highest BCUT2D eigenvalue weighted by atomic mass is 32.2. The monoisotopic (exact) mass is 375 g/mol. The Morgan fingerprint density at radius 2 is 1.69 bits per heavy atom. The number of aromatic amines is 1. The molecule has 0 radical (unpaired) electrons. The summed E-state index contributed by atoms with van der Waals surface area (Å²) in [5.74, 6) is 0.654. The number of nitrogens with zero attached hydrogens (tertiary/aromatic N) is 2. The molecule has 26 heavy (non-hydrogen) atoms. The summed E-state index contributed by atoms with van der Waals surface area (Å²) in [6.07, 6.45) is 0. The number of nitrogens with one attached hydrogen (secondary N) is 1. The van der Waals surface area contributed by atoms with Crippen molar-refractivity contribution in [2.75, 3.05) is 7.11 Å². The van der Waals surface area contributed by atoms with Gasteiger partial charge in [-0.15, -0.1) is 5.11 Å². The van der Waals surface area contributed by atoms with Crippen molar-refractivity contribution in [2.45, 2.75) is 4.90 Å². The van der Waals surface area contributed by atoms with E-state index in [1.165, 1.54) is 24.3 Å². The van der Waals surface area contributed by atoms with Crippen LogP contribution in [0.1, 0.15) is 0 Å². The van der Waals surface area contributed by atoms with Crippen LogP contribution in [0, 0.1) is 0 Å². The van der Waals surface area contributed by atoms with Gasteiger partial charge in [0, 0.05) is 5.56 Å². The number of H-pyrrole nitrogens is 1. The van der Waals surface area contributed by atoms with E-state index in [-0.39, 0.29) is 10.6 Å². The van der Waals surface area contributed by atoms with Crippen molar-refractivity contribution in [3.63, 3.8) is 0 Å². The van der Waals surface area contributed by atoms with Gasteiger partial charge in [-0.1, -0.05) is 0 Å². The lowest BCUT2D eigenvalue weighted by Gasteiger charge is -2.01. The third kappa shape index (κ3) is 3.71. The molecule has 9 nitrogen and oxygen atoms in total. The van der Waals surface area contributed by atoms with Gasteiger partial charge in [0.15, 0.2) is 5.69 Å². The Hall–Kier alpha value is -3.24. The van der Waals surface area contributed by atoms with E-state index in [1.54, 1.807) is 31.4 Å². The Kier molecular flexibility index (Phi) is 4.69. The molecule has 0 atom stereocenters. The van der Waals surface area contributed by atoms with Gasteiger partial charge in [0.25, 0.3) is 10.1 Å². The molecule has 0 spiro atoms. The highest BCUT2D eigenvalue weighted by Gasteiger charge is 2.14. The number of hydrogen-bond acceptors (Lipinski definition) is 7. The van der Waals surface area contributed by atoms with Crippen LogP contribution in [0.5, 0.6) is 5.75 Å². The number of aromatic nitrogens is 1. The first kappa shape index (κ1) is 17.6. The fourth-order valence-electron chi connectivity index (χ4n) is 2.13. The Morgan fingerprint density at radius 1 is 1.04 bits per heavy atom. The fourth-order valence-corrected chi connectivity index (χ4v) is 2.61. The first-order valence-corrected chi connectivity index (χ1v) is 8.67. The van der Waals surface area contributed by atoms with Crippen LogP contribution >= 0.6 is 0 Å². The molecule has 0 aliphatic heterocycles. The average molecular weight is 375 g/mol. The topological polar surface area (TPSA) is 134 Å². The summed E-state index contributed by atoms with van der Waals surface area (Å²) in [5, 5.41) is 10.3. The lowest BCUT2D eigenvalue weighted by atomic mass is 10.1. The summed E-state index contributed by atoms with van der Waals surface area (Å²) in [7, 11) is -2.74. The van der Waals surface area contributed by atoms with E-state index in [0.29, 0.717) is 22.7 Å². The van der Waals surface area contributed by atoms with Crippen molar-refractivity contribution in [1.82, 2.24) is 5.16 Å². The summed E-state index contributed by atoms with van der Waals surface area (Å²) in [6.45, 7) is 0. The van der Waals surface area contributed by atoms with Gasteiger partial charge in [-0.3, -0.25) is 4.55 Å². The second-order valence-electron chi connectivity index (χ2n) is 5.11. The van der Waals surface area contributed by atoms with Crippen LogP contribution in [0.3, 0.4) is 0 Å². The van der Waals surface area contributed by atoms with Crippen LogP contribution in [0.2, 0.25) is 0 Å². The zero-order valence-electron chi connectivity index (χ0n) is 13.4. The largest absolute Gasteiger partial charge is 0.497 e. The molecular formula is C16H13N3O6S. The summed E-state index contributed by atoms with van der Waals surface area (Å²) in [5.41, 5.74) is 0.546. The smallest absolute Gasteiger partial charge is 0.385 e. The summed E-state index contributed by atoms with van der Waals surface area (Å²) in [6, 6.07) is 11.9. The number of methoxy groups -OCH3 is 1. The molecule has 0 fully saturated rings. The van der Waals surface area contributed by atoms with Crippen LogP contribution in [0.4, 0.5) is 11.4 Å². The van der Waals surface area contributed by atoms with Gasteiger partial charge >= 0.3 is 5.63 Å². The minimum absolute atomic E-state index is 0.0333. The maximum atomic E-state index is 11.9. The molecule has 0 saturated heterocycles. The maximum Gasteiger partial charge on any atom is 0.385 e. The quantitative estimate of drug-likeness (QED) is 0.519. The van der Waals surface area contributed by atoms with Gasteiger partial charge in [0.2, 0.25) is 0 Å². The minimum atomic E-state index is -4.29. The van der Waals surface area contributed by atoms with Crippen molar-refractivity contribution in [3.8, 4) is 17.0 Å². The van der Waals surface area contributed by atoms with Crippen LogP contribution in [-0.4, -0.2) is 25.2 Å². The second-order valence-corrected chi connectivity index (χ2v) is 6.53. The van der Waals surface area contributed by atoms with Crippen LogP contribution < -0.4 is 10.4 Å². The Balaban J connectivity index is 1.91. The average Bonchev–Trinajstić information content (AvgIpc) is 3.00. The van der Waals surface area contributed by atoms with E-state index in [1.807, 2.05) is 0 Å². The predicted molar refractivity (Wildman–Crippen MR) is 91.7 cm³/mol. The molecule has 0 unspecified atom stereocenters. The third-order valence-corrected chi connectivity index (χ3v) is 4.32. The van der Waals surface area contributed by atoms with E-state index in [0.717, 1.165) is 0 Å². The maximum absolute atomic E-state index is 11.9. The normalized spacial score (nSPS) is 11.8. The van der Waals surface area contributed by atoms with E-state index >= 15 is 0 Å². The fraction of sp³-hybridized carbons (Fsp3) is 0.0625. The minimum Gasteiger partial charge on any atom is -0.497 e.